The van der Waals surface area contributed by atoms with Crippen molar-refractivity contribution in [3.05, 3.63) is 17.0 Å². The summed E-state index contributed by atoms with van der Waals surface area (Å²) in [5.74, 6) is 0. The topological polar surface area (TPSA) is 58.2 Å². The molecule has 1 saturated carbocycles. The first-order chi connectivity index (χ1) is 7.62. The zero-order valence-corrected chi connectivity index (χ0v) is 10.8. The number of hydrogen-bond acceptors (Lipinski definition) is 4. The summed E-state index contributed by atoms with van der Waals surface area (Å²) in [7, 11) is -1.83. The lowest BCUT2D eigenvalue weighted by molar-refractivity contribution is 0.339. The van der Waals surface area contributed by atoms with E-state index in [0.717, 1.165) is 11.4 Å². The minimum Gasteiger partial charge on any atom is -0.309 e. The van der Waals surface area contributed by atoms with Crippen LogP contribution in [0.4, 0.5) is 0 Å². The van der Waals surface area contributed by atoms with Gasteiger partial charge in [0.05, 0.1) is 0 Å². The van der Waals surface area contributed by atoms with E-state index in [4.69, 9.17) is 0 Å². The van der Waals surface area contributed by atoms with Gasteiger partial charge in [-0.2, -0.15) is 0 Å². The van der Waals surface area contributed by atoms with Crippen LogP contribution in [0, 0.1) is 0 Å². The highest BCUT2D eigenvalue weighted by atomic mass is 32.2. The largest absolute Gasteiger partial charge is 0.309 e. The summed E-state index contributed by atoms with van der Waals surface area (Å²) >= 11 is 1.33. The van der Waals surface area contributed by atoms with Crippen molar-refractivity contribution in [2.24, 2.45) is 0 Å². The first-order valence-electron chi connectivity index (χ1n) is 5.37. The second-order valence-electron chi connectivity index (χ2n) is 3.94. The van der Waals surface area contributed by atoms with Crippen molar-refractivity contribution >= 4 is 21.4 Å². The molecule has 2 N–H and O–H groups in total. The quantitative estimate of drug-likeness (QED) is 0.839. The summed E-state index contributed by atoms with van der Waals surface area (Å²) in [4.78, 5) is 1.07. The number of hydrogen-bond donors (Lipinski definition) is 2. The van der Waals surface area contributed by atoms with Gasteiger partial charge in [0.2, 0.25) is 10.0 Å². The van der Waals surface area contributed by atoms with Crippen LogP contribution < -0.4 is 10.0 Å². The Morgan fingerprint density at radius 1 is 1.44 bits per heavy atom. The molecule has 0 aromatic carbocycles. The summed E-state index contributed by atoms with van der Waals surface area (Å²) < 4.78 is 25.7. The van der Waals surface area contributed by atoms with Gasteiger partial charge in [-0.15, -0.1) is 11.3 Å². The maximum atomic E-state index is 11.5. The van der Waals surface area contributed by atoms with Crippen molar-refractivity contribution in [3.8, 4) is 0 Å². The molecule has 1 aromatic heterocycles. The molecule has 0 unspecified atom stereocenters. The molecule has 0 spiro atoms. The molecule has 1 aromatic rings. The van der Waals surface area contributed by atoms with Crippen LogP contribution in [0.2, 0.25) is 0 Å². The van der Waals surface area contributed by atoms with Gasteiger partial charge in [-0.1, -0.05) is 6.42 Å². The molecule has 2 rings (SSSR count). The van der Waals surface area contributed by atoms with E-state index < -0.39 is 10.0 Å². The summed E-state index contributed by atoms with van der Waals surface area (Å²) in [6.07, 6.45) is 3.79. The normalized spacial score (nSPS) is 17.3. The molecule has 1 fully saturated rings. The SMILES string of the molecule is CNS(=O)(=O)c1ccc(CNC2CCC2)s1. The third kappa shape index (κ3) is 2.63. The predicted octanol–water partition coefficient (Wildman–Crippen LogP) is 1.30. The molecule has 0 atom stereocenters. The smallest absolute Gasteiger partial charge is 0.249 e. The Hall–Kier alpha value is -0.430. The standard InChI is InChI=1S/C10H16N2O2S2/c1-11-16(13,14)10-6-5-9(15-10)7-12-8-3-2-4-8/h5-6,8,11-12H,2-4,7H2,1H3. The zero-order chi connectivity index (χ0) is 11.6. The molecule has 1 heterocycles. The van der Waals surface area contributed by atoms with Crippen molar-refractivity contribution in [2.45, 2.75) is 36.1 Å². The first-order valence-corrected chi connectivity index (χ1v) is 7.67. The van der Waals surface area contributed by atoms with E-state index in [0.29, 0.717) is 10.3 Å². The van der Waals surface area contributed by atoms with Gasteiger partial charge in [-0.3, -0.25) is 0 Å². The minimum atomic E-state index is -3.27. The summed E-state index contributed by atoms with van der Waals surface area (Å²) in [5.41, 5.74) is 0. The number of thiophene rings is 1. The number of nitrogens with one attached hydrogen (secondary N) is 2. The fraction of sp³-hybridized carbons (Fsp3) is 0.600. The molecule has 0 aliphatic heterocycles. The van der Waals surface area contributed by atoms with Crippen LogP contribution in [0.1, 0.15) is 24.1 Å². The first kappa shape index (κ1) is 12.0. The average Bonchev–Trinajstić information content (AvgIpc) is 2.65. The van der Waals surface area contributed by atoms with Gasteiger partial charge in [0.15, 0.2) is 0 Å². The molecule has 0 radical (unpaired) electrons. The Labute approximate surface area is 100 Å². The fourth-order valence-corrected chi connectivity index (χ4v) is 3.70. The molecule has 1 aliphatic carbocycles. The molecular formula is C10H16N2O2S2. The van der Waals surface area contributed by atoms with Crippen molar-refractivity contribution < 1.29 is 8.42 Å². The molecular weight excluding hydrogens is 244 g/mol. The number of rotatable bonds is 5. The van der Waals surface area contributed by atoms with E-state index in [2.05, 4.69) is 10.0 Å². The van der Waals surface area contributed by atoms with Gasteiger partial charge in [-0.25, -0.2) is 13.1 Å². The van der Waals surface area contributed by atoms with Crippen LogP contribution in [0.25, 0.3) is 0 Å². The van der Waals surface area contributed by atoms with Crippen LogP contribution in [0.15, 0.2) is 16.3 Å². The molecule has 4 nitrogen and oxygen atoms in total. The molecule has 0 amide bonds. The van der Waals surface area contributed by atoms with E-state index >= 15 is 0 Å². The van der Waals surface area contributed by atoms with Gasteiger partial charge >= 0.3 is 0 Å². The molecule has 0 bridgehead atoms. The lowest BCUT2D eigenvalue weighted by Gasteiger charge is -2.26. The molecule has 6 heteroatoms. The third-order valence-electron chi connectivity index (χ3n) is 2.84. The van der Waals surface area contributed by atoms with Crippen molar-refractivity contribution in [2.75, 3.05) is 7.05 Å². The van der Waals surface area contributed by atoms with Crippen molar-refractivity contribution in [1.29, 1.82) is 0 Å². The van der Waals surface area contributed by atoms with Gasteiger partial charge in [0.25, 0.3) is 0 Å². The predicted molar refractivity (Wildman–Crippen MR) is 65.0 cm³/mol. The summed E-state index contributed by atoms with van der Waals surface area (Å²) in [6.45, 7) is 0.772. The van der Waals surface area contributed by atoms with E-state index in [1.54, 1.807) is 6.07 Å². The second kappa shape index (κ2) is 4.83. The van der Waals surface area contributed by atoms with E-state index in [1.807, 2.05) is 6.07 Å². The van der Waals surface area contributed by atoms with Gasteiger partial charge in [-0.05, 0) is 32.0 Å². The number of sulfonamides is 1. The zero-order valence-electron chi connectivity index (χ0n) is 9.19. The average molecular weight is 260 g/mol. The Morgan fingerprint density at radius 2 is 2.19 bits per heavy atom. The van der Waals surface area contributed by atoms with Gasteiger partial charge in [0.1, 0.15) is 4.21 Å². The van der Waals surface area contributed by atoms with Crippen LogP contribution in [-0.4, -0.2) is 21.5 Å². The monoisotopic (exact) mass is 260 g/mol. The Balaban J connectivity index is 1.96. The Kier molecular flexibility index (Phi) is 3.63. The lowest BCUT2D eigenvalue weighted by Crippen LogP contribution is -2.34. The Morgan fingerprint density at radius 3 is 2.75 bits per heavy atom. The fourth-order valence-electron chi connectivity index (χ4n) is 1.56. The van der Waals surface area contributed by atoms with Crippen LogP contribution in [0.5, 0.6) is 0 Å². The van der Waals surface area contributed by atoms with Crippen LogP contribution in [0.3, 0.4) is 0 Å². The second-order valence-corrected chi connectivity index (χ2v) is 7.22. The molecule has 16 heavy (non-hydrogen) atoms. The molecule has 1 aliphatic rings. The maximum absolute atomic E-state index is 11.5. The summed E-state index contributed by atoms with van der Waals surface area (Å²) in [6, 6.07) is 4.17. The van der Waals surface area contributed by atoms with E-state index in [9.17, 15) is 8.42 Å². The highest BCUT2D eigenvalue weighted by Gasteiger charge is 2.18. The van der Waals surface area contributed by atoms with E-state index in [-0.39, 0.29) is 0 Å². The Bertz CT molecular complexity index is 449. The lowest BCUT2D eigenvalue weighted by atomic mass is 9.93. The van der Waals surface area contributed by atoms with Gasteiger partial charge < -0.3 is 5.32 Å². The van der Waals surface area contributed by atoms with Gasteiger partial charge in [0, 0.05) is 17.5 Å². The molecule has 0 saturated heterocycles. The summed E-state index contributed by atoms with van der Waals surface area (Å²) in [5, 5.41) is 3.41. The van der Waals surface area contributed by atoms with E-state index in [1.165, 1.54) is 37.6 Å². The molecule has 90 valence electrons. The maximum Gasteiger partial charge on any atom is 0.249 e. The highest BCUT2D eigenvalue weighted by Crippen LogP contribution is 2.23. The highest BCUT2D eigenvalue weighted by molar-refractivity contribution is 7.91. The van der Waals surface area contributed by atoms with Crippen molar-refractivity contribution in [3.63, 3.8) is 0 Å². The van der Waals surface area contributed by atoms with Crippen LogP contribution in [-0.2, 0) is 16.6 Å². The van der Waals surface area contributed by atoms with Crippen molar-refractivity contribution in [1.82, 2.24) is 10.0 Å². The third-order valence-corrected chi connectivity index (χ3v) is 5.83. The minimum absolute atomic E-state index is 0.389. The van der Waals surface area contributed by atoms with Crippen LogP contribution >= 0.6 is 11.3 Å².